The lowest BCUT2D eigenvalue weighted by Crippen LogP contribution is -2.12. The second-order valence-electron chi connectivity index (χ2n) is 6.96. The van der Waals surface area contributed by atoms with Gasteiger partial charge in [0.2, 0.25) is 0 Å². The molecule has 29 heavy (non-hydrogen) atoms. The molecule has 1 heterocycles. The van der Waals surface area contributed by atoms with Crippen LogP contribution in [0.2, 0.25) is 5.02 Å². The number of carbonyl (C=O) groups is 1. The van der Waals surface area contributed by atoms with Gasteiger partial charge in [0.1, 0.15) is 5.01 Å². The number of nitrogens with zero attached hydrogens (tertiary/aromatic N) is 1. The third kappa shape index (κ3) is 4.56. The Hall–Kier alpha value is -2.95. The lowest BCUT2D eigenvalue weighted by Gasteiger charge is -2.08. The molecule has 0 atom stereocenters. The van der Waals surface area contributed by atoms with E-state index in [0.29, 0.717) is 10.6 Å². The molecule has 0 bridgehead atoms. The molecule has 0 aliphatic heterocycles. The molecule has 0 fully saturated rings. The first-order valence-electron chi connectivity index (χ1n) is 9.19. The molecule has 0 spiro atoms. The molecule has 1 aromatic heterocycles. The highest BCUT2D eigenvalue weighted by Gasteiger charge is 2.10. The average Bonchev–Trinajstić information content (AvgIpc) is 3.18. The van der Waals surface area contributed by atoms with Gasteiger partial charge < -0.3 is 5.32 Å². The van der Waals surface area contributed by atoms with Crippen LogP contribution in [0.25, 0.3) is 21.8 Å². The first-order chi connectivity index (χ1) is 14.0. The van der Waals surface area contributed by atoms with Crippen LogP contribution in [0.5, 0.6) is 0 Å². The normalized spacial score (nSPS) is 10.7. The summed E-state index contributed by atoms with van der Waals surface area (Å²) in [4.78, 5) is 17.4. The average molecular weight is 419 g/mol. The molecule has 3 nitrogen and oxygen atoms in total. The van der Waals surface area contributed by atoms with Crippen molar-refractivity contribution in [2.45, 2.75) is 13.8 Å². The van der Waals surface area contributed by atoms with Gasteiger partial charge in [0.25, 0.3) is 5.91 Å². The van der Waals surface area contributed by atoms with Gasteiger partial charge in [0.15, 0.2) is 0 Å². The van der Waals surface area contributed by atoms with Crippen LogP contribution in [0.4, 0.5) is 5.69 Å². The highest BCUT2D eigenvalue weighted by molar-refractivity contribution is 7.13. The maximum atomic E-state index is 12.6. The van der Waals surface area contributed by atoms with Crippen LogP contribution in [0, 0.1) is 13.8 Å². The van der Waals surface area contributed by atoms with E-state index in [4.69, 9.17) is 16.6 Å². The Kier molecular flexibility index (Phi) is 5.47. The third-order valence-corrected chi connectivity index (χ3v) is 5.64. The van der Waals surface area contributed by atoms with Crippen molar-refractivity contribution in [3.63, 3.8) is 0 Å². The molecule has 0 saturated heterocycles. The molecule has 4 aromatic rings. The van der Waals surface area contributed by atoms with Gasteiger partial charge in [-0.15, -0.1) is 11.3 Å². The Morgan fingerprint density at radius 3 is 2.38 bits per heavy atom. The minimum Gasteiger partial charge on any atom is -0.322 e. The number of aromatic nitrogens is 1. The number of benzene rings is 3. The molecule has 1 amide bonds. The number of thiazole rings is 1. The van der Waals surface area contributed by atoms with Crippen molar-refractivity contribution in [1.82, 2.24) is 4.98 Å². The van der Waals surface area contributed by atoms with Crippen molar-refractivity contribution in [1.29, 1.82) is 0 Å². The third-order valence-electron chi connectivity index (χ3n) is 4.50. The number of aryl methyl sites for hydroxylation is 2. The monoisotopic (exact) mass is 418 g/mol. The van der Waals surface area contributed by atoms with Crippen LogP contribution in [0.1, 0.15) is 21.5 Å². The molecule has 1 N–H and O–H groups in total. The van der Waals surface area contributed by atoms with E-state index in [-0.39, 0.29) is 5.91 Å². The standard InChI is InChI=1S/C24H19ClN2OS/c1-15-10-16(2)12-19(11-15)23(28)26-21-5-3-4-18(13-21)22-14-29-24(27-22)17-6-8-20(25)9-7-17/h3-14H,1-2H3,(H,26,28). The maximum Gasteiger partial charge on any atom is 0.255 e. The molecule has 5 heteroatoms. The first kappa shape index (κ1) is 19.4. The molecule has 4 rings (SSSR count). The molecule has 144 valence electrons. The second kappa shape index (κ2) is 8.19. The van der Waals surface area contributed by atoms with Gasteiger partial charge >= 0.3 is 0 Å². The van der Waals surface area contributed by atoms with Gasteiger partial charge in [-0.3, -0.25) is 4.79 Å². The van der Waals surface area contributed by atoms with Crippen LogP contribution < -0.4 is 5.32 Å². The van der Waals surface area contributed by atoms with Crippen molar-refractivity contribution in [2.75, 3.05) is 5.32 Å². The van der Waals surface area contributed by atoms with Gasteiger partial charge in [0.05, 0.1) is 5.69 Å². The van der Waals surface area contributed by atoms with Crippen molar-refractivity contribution < 1.29 is 4.79 Å². The van der Waals surface area contributed by atoms with E-state index in [0.717, 1.165) is 38.6 Å². The number of carbonyl (C=O) groups excluding carboxylic acids is 1. The van der Waals surface area contributed by atoms with Crippen molar-refractivity contribution in [3.05, 3.63) is 93.8 Å². The lowest BCUT2D eigenvalue weighted by molar-refractivity contribution is 0.102. The summed E-state index contributed by atoms with van der Waals surface area (Å²) in [6.45, 7) is 3.98. The number of halogens is 1. The second-order valence-corrected chi connectivity index (χ2v) is 8.25. The molecule has 0 saturated carbocycles. The minimum atomic E-state index is -0.117. The molecule has 0 unspecified atom stereocenters. The zero-order valence-corrected chi connectivity index (χ0v) is 17.6. The molecular weight excluding hydrogens is 400 g/mol. The van der Waals surface area contributed by atoms with Gasteiger partial charge in [-0.05, 0) is 50.2 Å². The summed E-state index contributed by atoms with van der Waals surface area (Å²) < 4.78 is 0. The van der Waals surface area contributed by atoms with Crippen molar-refractivity contribution in [2.24, 2.45) is 0 Å². The largest absolute Gasteiger partial charge is 0.322 e. The minimum absolute atomic E-state index is 0.117. The summed E-state index contributed by atoms with van der Waals surface area (Å²) >= 11 is 7.55. The number of hydrogen-bond acceptors (Lipinski definition) is 3. The van der Waals surface area contributed by atoms with Crippen molar-refractivity contribution in [3.8, 4) is 21.8 Å². The van der Waals surface area contributed by atoms with Crippen LogP contribution in [0.3, 0.4) is 0 Å². The number of amides is 1. The van der Waals surface area contributed by atoms with Gasteiger partial charge in [-0.1, -0.05) is 53.1 Å². The van der Waals surface area contributed by atoms with Crippen molar-refractivity contribution >= 4 is 34.5 Å². The SMILES string of the molecule is Cc1cc(C)cc(C(=O)Nc2cccc(-c3csc(-c4ccc(Cl)cc4)n3)c2)c1. The number of anilines is 1. The Morgan fingerprint density at radius 2 is 1.66 bits per heavy atom. The fraction of sp³-hybridized carbons (Fsp3) is 0.0833. The fourth-order valence-electron chi connectivity index (χ4n) is 3.20. The molecular formula is C24H19ClN2OS. The summed E-state index contributed by atoms with van der Waals surface area (Å²) in [6.07, 6.45) is 0. The lowest BCUT2D eigenvalue weighted by atomic mass is 10.1. The van der Waals surface area contributed by atoms with E-state index in [2.05, 4.69) is 11.4 Å². The molecule has 3 aromatic carbocycles. The van der Waals surface area contributed by atoms with E-state index >= 15 is 0 Å². The smallest absolute Gasteiger partial charge is 0.255 e. The summed E-state index contributed by atoms with van der Waals surface area (Å²) in [5.74, 6) is -0.117. The topological polar surface area (TPSA) is 42.0 Å². The summed E-state index contributed by atoms with van der Waals surface area (Å²) in [7, 11) is 0. The Bertz CT molecular complexity index is 1160. The number of rotatable bonds is 4. The van der Waals surface area contributed by atoms with E-state index in [1.54, 1.807) is 11.3 Å². The zero-order chi connectivity index (χ0) is 20.4. The molecule has 0 radical (unpaired) electrons. The van der Waals surface area contributed by atoms with Gasteiger partial charge in [-0.25, -0.2) is 4.98 Å². The quantitative estimate of drug-likeness (QED) is 0.387. The predicted molar refractivity (Wildman–Crippen MR) is 122 cm³/mol. The van der Waals surface area contributed by atoms with E-state index in [9.17, 15) is 4.79 Å². The van der Waals surface area contributed by atoms with Crippen LogP contribution >= 0.6 is 22.9 Å². The Labute approximate surface area is 179 Å². The maximum absolute atomic E-state index is 12.6. The highest BCUT2D eigenvalue weighted by atomic mass is 35.5. The van der Waals surface area contributed by atoms with E-state index in [1.165, 1.54) is 0 Å². The summed E-state index contributed by atoms with van der Waals surface area (Å²) in [5, 5.41) is 6.65. The first-order valence-corrected chi connectivity index (χ1v) is 10.5. The molecule has 0 aliphatic carbocycles. The van der Waals surface area contributed by atoms with E-state index < -0.39 is 0 Å². The Morgan fingerprint density at radius 1 is 0.931 bits per heavy atom. The van der Waals surface area contributed by atoms with E-state index in [1.807, 2.05) is 79.9 Å². The van der Waals surface area contributed by atoms with Gasteiger partial charge in [-0.2, -0.15) is 0 Å². The highest BCUT2D eigenvalue weighted by Crippen LogP contribution is 2.30. The Balaban J connectivity index is 1.56. The summed E-state index contributed by atoms with van der Waals surface area (Å²) in [6, 6.07) is 21.2. The zero-order valence-electron chi connectivity index (χ0n) is 16.1. The van der Waals surface area contributed by atoms with Crippen LogP contribution in [-0.4, -0.2) is 10.9 Å². The number of hydrogen-bond donors (Lipinski definition) is 1. The van der Waals surface area contributed by atoms with Crippen LogP contribution in [0.15, 0.2) is 72.1 Å². The van der Waals surface area contributed by atoms with Gasteiger partial charge in [0, 0.05) is 32.8 Å². The predicted octanol–water partition coefficient (Wildman–Crippen LogP) is 7.00. The summed E-state index contributed by atoms with van der Waals surface area (Å²) in [5.41, 5.74) is 6.41. The van der Waals surface area contributed by atoms with Crippen LogP contribution in [-0.2, 0) is 0 Å². The fourth-order valence-corrected chi connectivity index (χ4v) is 4.16. The molecule has 0 aliphatic rings. The number of nitrogens with one attached hydrogen (secondary N) is 1.